The Hall–Kier alpha value is -5.60. The first kappa shape index (κ1) is 58.8. The molecular weight excluding hydrogens is 1130 g/mol. The highest BCUT2D eigenvalue weighted by molar-refractivity contribution is 7.10. The number of carbonyl (C=O) groups excluding carboxylic acids is 4. The molecule has 1 aromatic carbocycles. The molecule has 4 N–H and O–H groups in total. The number of urea groups is 1. The number of rotatable bonds is 10. The number of thiazole rings is 1. The van der Waals surface area contributed by atoms with Gasteiger partial charge in [-0.15, -0.1) is 16.9 Å². The largest absolute Gasteiger partial charge is 0.464 e. The third kappa shape index (κ3) is 12.1. The van der Waals surface area contributed by atoms with E-state index >= 15 is 22.8 Å². The van der Waals surface area contributed by atoms with Crippen molar-refractivity contribution in [2.45, 2.75) is 152 Å². The molecule has 12 rings (SSSR count). The minimum Gasteiger partial charge on any atom is -0.464 e. The van der Waals surface area contributed by atoms with Crippen molar-refractivity contribution in [2.75, 3.05) is 77.6 Å². The number of nitrogens with zero attached hydrogens (tertiary/aromatic N) is 9. The lowest BCUT2D eigenvalue weighted by Gasteiger charge is -2.51. The molecule has 25 heteroatoms. The fourth-order valence-corrected chi connectivity index (χ4v) is 15.2. The number of ether oxygens (including phenoxy) is 3. The van der Waals surface area contributed by atoms with E-state index in [1.807, 2.05) is 44.5 Å². The van der Waals surface area contributed by atoms with Crippen LogP contribution < -0.4 is 26.6 Å². The van der Waals surface area contributed by atoms with Gasteiger partial charge in [0.2, 0.25) is 5.91 Å². The second-order valence-electron chi connectivity index (χ2n) is 24.9. The average molecular weight is 1200 g/mol. The molecule has 6 aliphatic heterocycles. The summed E-state index contributed by atoms with van der Waals surface area (Å²) >= 11 is 8.50. The van der Waals surface area contributed by atoms with Crippen LogP contribution in [-0.4, -0.2) is 177 Å². The van der Waals surface area contributed by atoms with Crippen LogP contribution in [0.5, 0.6) is 0 Å². The van der Waals surface area contributed by atoms with Crippen LogP contribution >= 0.6 is 22.9 Å². The number of fused-ring (bicyclic) bond motifs is 6. The first-order valence-electron chi connectivity index (χ1n) is 29.9. The molecule has 3 aromatic heterocycles. The number of piperazine rings is 1. The number of esters is 1. The van der Waals surface area contributed by atoms with Crippen LogP contribution in [0.15, 0.2) is 48.2 Å². The summed E-state index contributed by atoms with van der Waals surface area (Å²) in [5.41, 5.74) is 10.8. The quantitative estimate of drug-likeness (QED) is 0.0705. The SMILES string of the molecule is CO[C@@H](C)c1ncc(N2CCN(C3CC3)CC2)cc1-c1c2c3cc(ccc3n1CC(F)(F)F)-c1csc(n1)C[C@H](NC(=O)[C@H](C1CCCC1)N1CCC3(CC1)OCCN(C(=O)N1C=CNN1)C3Cl)C(=O)N1CCC[C@H](N1)C(=O)OCC(C)(C)C2. The van der Waals surface area contributed by atoms with E-state index in [0.717, 1.165) is 57.5 Å². The molecule has 6 fully saturated rings. The molecular formula is C59H77ClF3N13O7S. The number of cyclic esters (lactones) is 1. The summed E-state index contributed by atoms with van der Waals surface area (Å²) in [7, 11) is 1.57. The lowest BCUT2D eigenvalue weighted by molar-refractivity contribution is -0.156. The molecule has 1 unspecified atom stereocenters. The number of hydrogen-bond acceptors (Lipinski definition) is 16. The number of amides is 4. The molecule has 84 heavy (non-hydrogen) atoms. The van der Waals surface area contributed by atoms with Gasteiger partial charge in [0.15, 0.2) is 0 Å². The van der Waals surface area contributed by atoms with E-state index in [2.05, 4.69) is 36.4 Å². The fourth-order valence-electron chi connectivity index (χ4n) is 13.9. The number of hydrogen-bond donors (Lipinski definition) is 4. The zero-order valence-electron chi connectivity index (χ0n) is 48.2. The van der Waals surface area contributed by atoms with Crippen LogP contribution in [0.4, 0.5) is 23.7 Å². The van der Waals surface area contributed by atoms with E-state index in [0.29, 0.717) is 108 Å². The topological polar surface area (TPSA) is 194 Å². The Kier molecular flexibility index (Phi) is 16.7. The Morgan fingerprint density at radius 3 is 2.48 bits per heavy atom. The number of pyridine rings is 1. The zero-order valence-corrected chi connectivity index (χ0v) is 49.8. The van der Waals surface area contributed by atoms with E-state index in [1.165, 1.54) is 38.8 Å². The number of piperidine rings is 1. The summed E-state index contributed by atoms with van der Waals surface area (Å²) in [5, 5.41) is 9.02. The number of anilines is 1. The predicted molar refractivity (Wildman–Crippen MR) is 311 cm³/mol. The number of alkyl halides is 4. The number of benzene rings is 1. The van der Waals surface area contributed by atoms with Crippen LogP contribution in [0, 0.1) is 11.3 Å². The maximum atomic E-state index is 15.2. The molecule has 6 bridgehead atoms. The zero-order chi connectivity index (χ0) is 58.7. The summed E-state index contributed by atoms with van der Waals surface area (Å²) in [5.74, 6) is -1.26. The van der Waals surface area contributed by atoms with Crippen molar-refractivity contribution in [2.24, 2.45) is 11.3 Å². The highest BCUT2D eigenvalue weighted by Gasteiger charge is 2.52. The second kappa shape index (κ2) is 23.9. The second-order valence-corrected chi connectivity index (χ2v) is 26.2. The Labute approximate surface area is 496 Å². The number of hydrazine groups is 3. The van der Waals surface area contributed by atoms with Crippen molar-refractivity contribution in [1.29, 1.82) is 0 Å². The Morgan fingerprint density at radius 2 is 1.76 bits per heavy atom. The highest BCUT2D eigenvalue weighted by atomic mass is 35.5. The van der Waals surface area contributed by atoms with Crippen molar-refractivity contribution >= 4 is 63.3 Å². The van der Waals surface area contributed by atoms with Crippen LogP contribution in [0.25, 0.3) is 33.4 Å². The van der Waals surface area contributed by atoms with Crippen molar-refractivity contribution < 1.29 is 46.6 Å². The molecule has 0 radical (unpaired) electrons. The van der Waals surface area contributed by atoms with Crippen LogP contribution in [0.2, 0.25) is 0 Å². The van der Waals surface area contributed by atoms with E-state index in [4.69, 9.17) is 35.8 Å². The van der Waals surface area contributed by atoms with E-state index in [1.54, 1.807) is 36.5 Å². The van der Waals surface area contributed by atoms with Gasteiger partial charge in [0.1, 0.15) is 29.7 Å². The maximum absolute atomic E-state index is 15.2. The van der Waals surface area contributed by atoms with Gasteiger partial charge < -0.3 is 39.3 Å². The normalized spacial score (nSPS) is 25.5. The Bertz CT molecular complexity index is 3130. The van der Waals surface area contributed by atoms with Gasteiger partial charge >= 0.3 is 18.2 Å². The first-order chi connectivity index (χ1) is 40.4. The molecule has 454 valence electrons. The number of halogens is 4. The van der Waals surface area contributed by atoms with Gasteiger partial charge in [0.25, 0.3) is 5.91 Å². The van der Waals surface area contributed by atoms with Gasteiger partial charge in [0.05, 0.1) is 59.3 Å². The summed E-state index contributed by atoms with van der Waals surface area (Å²) < 4.78 is 65.5. The van der Waals surface area contributed by atoms with Crippen molar-refractivity contribution in [3.8, 4) is 22.5 Å². The number of likely N-dealkylation sites (tertiary alicyclic amines) is 1. The number of carbonyl (C=O) groups is 4. The summed E-state index contributed by atoms with van der Waals surface area (Å²) in [4.78, 5) is 76.7. The van der Waals surface area contributed by atoms with Crippen LogP contribution in [0.3, 0.4) is 0 Å². The molecule has 4 aromatic rings. The molecule has 4 amide bonds. The standard InChI is InChI=1S/C59H77ClF3N13O7S/c1-36(81-4)49-42(29-40(32-64-49)71-24-22-70(23-25-71)39-12-13-39)51-43-31-57(2,3)35-82-54(79)44-10-7-18-75(68-44)53(78)45(30-48-66-46(33-84-48)38-11-14-47(41(43)28-38)74(51)34-59(61,62)63)67-52(77)50(37-8-5-6-9-37)72-19-15-58(16-20-72)55(60)73(26-27-83-58)56(80)76-21-17-65-69-76/h11,14,17,21,28-29,32-33,36-37,39,44-45,50,55,65,68-69H,5-10,12-13,15-16,18-20,22-27,30-31,34-35H2,1-4H3,(H,67,77)/t36-,44-,45-,50-,55?/m0/s1. The smallest absolute Gasteiger partial charge is 0.406 e. The Balaban J connectivity index is 0.886. The van der Waals surface area contributed by atoms with Crippen LogP contribution in [-0.2, 0) is 48.0 Å². The van der Waals surface area contributed by atoms with Gasteiger partial charge in [-0.05, 0) is 94.4 Å². The molecule has 8 aliphatic rings. The van der Waals surface area contributed by atoms with Crippen LogP contribution in [0.1, 0.15) is 107 Å². The number of nitrogens with one attached hydrogen (secondary N) is 4. The van der Waals surface area contributed by atoms with Gasteiger partial charge in [-0.3, -0.25) is 34.2 Å². The van der Waals surface area contributed by atoms with E-state index in [9.17, 15) is 9.59 Å². The third-order valence-corrected chi connectivity index (χ3v) is 20.0. The van der Waals surface area contributed by atoms with Gasteiger partial charge in [0, 0.05) is 117 Å². The lowest BCUT2D eigenvalue weighted by atomic mass is 9.84. The molecule has 9 heterocycles. The number of aromatic nitrogens is 3. The minimum absolute atomic E-state index is 0.0169. The monoisotopic (exact) mass is 1200 g/mol. The summed E-state index contributed by atoms with van der Waals surface area (Å²) in [6.07, 6.45) is 7.90. The molecule has 5 atom stereocenters. The minimum atomic E-state index is -4.61. The van der Waals surface area contributed by atoms with Crippen molar-refractivity contribution in [1.82, 2.24) is 61.0 Å². The number of methoxy groups -OCH3 is 1. The van der Waals surface area contributed by atoms with Gasteiger partial charge in [-0.25, -0.2) is 20.2 Å². The molecule has 2 saturated carbocycles. The highest BCUT2D eigenvalue weighted by Crippen LogP contribution is 2.45. The Morgan fingerprint density at radius 1 is 0.988 bits per heavy atom. The van der Waals surface area contributed by atoms with Gasteiger partial charge in [-0.1, -0.05) is 44.4 Å². The maximum Gasteiger partial charge on any atom is 0.406 e. The molecule has 1 spiro atoms. The molecule has 2 aliphatic carbocycles. The first-order valence-corrected chi connectivity index (χ1v) is 31.2. The number of morpholine rings is 1. The predicted octanol–water partition coefficient (Wildman–Crippen LogP) is 7.24. The average Bonchev–Trinajstić information content (AvgIpc) is 2.44. The molecule has 20 nitrogen and oxygen atoms in total. The van der Waals surface area contributed by atoms with Crippen molar-refractivity contribution in [3.05, 3.63) is 64.5 Å². The van der Waals surface area contributed by atoms with Gasteiger partial charge in [-0.2, -0.15) is 13.2 Å². The fraction of sp³-hybridized carbons (Fsp3) is 0.627. The summed E-state index contributed by atoms with van der Waals surface area (Å²) in [6, 6.07) is 5.13. The lowest BCUT2D eigenvalue weighted by Crippen LogP contribution is -2.66. The molecule has 4 saturated heterocycles. The third-order valence-electron chi connectivity index (χ3n) is 18.5. The summed E-state index contributed by atoms with van der Waals surface area (Å²) in [6.45, 7) is 9.49. The van der Waals surface area contributed by atoms with Crippen molar-refractivity contribution in [3.63, 3.8) is 0 Å². The van der Waals surface area contributed by atoms with E-state index < -0.39 is 65.3 Å². The van der Waals surface area contributed by atoms with E-state index in [-0.39, 0.29) is 43.8 Å².